The molecule has 4 nitrogen and oxygen atoms in total. The number of hydrogen-bond acceptors (Lipinski definition) is 4. The maximum atomic E-state index is 11.6. The van der Waals surface area contributed by atoms with E-state index in [9.17, 15) is 4.79 Å². The number of carbonyl (C=O) groups excluding carboxylic acids is 1. The zero-order valence-corrected chi connectivity index (χ0v) is 8.90. The Labute approximate surface area is 84.8 Å². The van der Waals surface area contributed by atoms with Gasteiger partial charge in [0.15, 0.2) is 0 Å². The molecule has 3 aliphatic heterocycles. The minimum absolute atomic E-state index is 0.0209. The molecule has 2 bridgehead atoms. The van der Waals surface area contributed by atoms with Crippen molar-refractivity contribution in [3.8, 4) is 0 Å². The molecular formula is C10H18N2O2. The van der Waals surface area contributed by atoms with Crippen molar-refractivity contribution in [1.82, 2.24) is 9.80 Å². The van der Waals surface area contributed by atoms with Crippen molar-refractivity contribution in [1.29, 1.82) is 0 Å². The van der Waals surface area contributed by atoms with Gasteiger partial charge in [-0.1, -0.05) is 0 Å². The van der Waals surface area contributed by atoms with Gasteiger partial charge in [0.25, 0.3) is 0 Å². The summed E-state index contributed by atoms with van der Waals surface area (Å²) in [4.78, 5) is 16.3. The number of fused-ring (bicyclic) bond motifs is 3. The van der Waals surface area contributed by atoms with E-state index >= 15 is 0 Å². The fraction of sp³-hybridized carbons (Fsp3) is 0.900. The van der Waals surface area contributed by atoms with Crippen LogP contribution in [-0.2, 0) is 9.53 Å². The first-order chi connectivity index (χ1) is 6.72. The van der Waals surface area contributed by atoms with Crippen molar-refractivity contribution in [3.05, 3.63) is 0 Å². The number of carbonyl (C=O) groups is 1. The van der Waals surface area contributed by atoms with Crippen LogP contribution in [0.15, 0.2) is 0 Å². The van der Waals surface area contributed by atoms with Crippen molar-refractivity contribution in [2.45, 2.75) is 25.9 Å². The second-order valence-corrected chi connectivity index (χ2v) is 4.11. The van der Waals surface area contributed by atoms with E-state index in [1.807, 2.05) is 6.92 Å². The van der Waals surface area contributed by atoms with Gasteiger partial charge in [0.1, 0.15) is 6.04 Å². The Bertz CT molecular complexity index is 232. The van der Waals surface area contributed by atoms with Gasteiger partial charge in [-0.2, -0.15) is 0 Å². The van der Waals surface area contributed by atoms with E-state index in [-0.39, 0.29) is 12.0 Å². The Balaban J connectivity index is 2.03. The molecule has 0 N–H and O–H groups in total. The summed E-state index contributed by atoms with van der Waals surface area (Å²) in [6.07, 6.45) is 0. The van der Waals surface area contributed by atoms with Gasteiger partial charge in [0, 0.05) is 32.2 Å². The van der Waals surface area contributed by atoms with Crippen LogP contribution < -0.4 is 0 Å². The number of esters is 1. The Morgan fingerprint density at radius 1 is 1.43 bits per heavy atom. The lowest BCUT2D eigenvalue weighted by atomic mass is 10.0. The zero-order valence-electron chi connectivity index (χ0n) is 8.90. The quantitative estimate of drug-likeness (QED) is 0.582. The lowest BCUT2D eigenvalue weighted by molar-refractivity contribution is -0.157. The highest BCUT2D eigenvalue weighted by molar-refractivity contribution is 5.76. The van der Waals surface area contributed by atoms with Crippen molar-refractivity contribution in [3.63, 3.8) is 0 Å². The first-order valence-electron chi connectivity index (χ1n) is 5.37. The highest BCUT2D eigenvalue weighted by Crippen LogP contribution is 2.21. The van der Waals surface area contributed by atoms with Gasteiger partial charge in [-0.25, -0.2) is 0 Å². The van der Waals surface area contributed by atoms with Crippen LogP contribution >= 0.6 is 0 Å². The third-order valence-electron chi connectivity index (χ3n) is 3.15. The van der Waals surface area contributed by atoms with Gasteiger partial charge in [-0.15, -0.1) is 0 Å². The van der Waals surface area contributed by atoms with Crippen molar-refractivity contribution in [2.75, 3.05) is 32.8 Å². The average Bonchev–Trinajstić information content (AvgIpc) is 2.18. The molecule has 3 heterocycles. The van der Waals surface area contributed by atoms with Crippen LogP contribution in [0.3, 0.4) is 0 Å². The smallest absolute Gasteiger partial charge is 0.324 e. The van der Waals surface area contributed by atoms with Gasteiger partial charge in [0.2, 0.25) is 0 Å². The molecule has 14 heavy (non-hydrogen) atoms. The van der Waals surface area contributed by atoms with E-state index in [4.69, 9.17) is 4.74 Å². The third-order valence-corrected chi connectivity index (χ3v) is 3.15. The van der Waals surface area contributed by atoms with E-state index in [2.05, 4.69) is 16.7 Å². The molecule has 0 saturated carbocycles. The first kappa shape index (κ1) is 9.93. The van der Waals surface area contributed by atoms with Gasteiger partial charge in [0.05, 0.1) is 6.61 Å². The van der Waals surface area contributed by atoms with E-state index in [0.29, 0.717) is 12.6 Å². The molecule has 3 fully saturated rings. The molecule has 0 amide bonds. The van der Waals surface area contributed by atoms with Crippen molar-refractivity contribution in [2.24, 2.45) is 0 Å². The SMILES string of the molecule is CCOC(=O)C1CN2CCN1C(C)C2. The predicted octanol–water partition coefficient (Wildman–Crippen LogP) is -0.0622. The average molecular weight is 198 g/mol. The Morgan fingerprint density at radius 3 is 2.79 bits per heavy atom. The number of hydrogen-bond donors (Lipinski definition) is 0. The van der Waals surface area contributed by atoms with Crippen LogP contribution in [0.4, 0.5) is 0 Å². The molecular weight excluding hydrogens is 180 g/mol. The monoisotopic (exact) mass is 198 g/mol. The van der Waals surface area contributed by atoms with E-state index in [1.165, 1.54) is 0 Å². The molecule has 0 aromatic rings. The Hall–Kier alpha value is -0.610. The van der Waals surface area contributed by atoms with Gasteiger partial charge in [-0.3, -0.25) is 14.6 Å². The lowest BCUT2D eigenvalue weighted by Gasteiger charge is -2.50. The fourth-order valence-electron chi connectivity index (χ4n) is 2.47. The Kier molecular flexibility index (Phi) is 2.74. The maximum absolute atomic E-state index is 11.6. The summed E-state index contributed by atoms with van der Waals surface area (Å²) in [6.45, 7) is 8.57. The summed E-state index contributed by atoms with van der Waals surface area (Å²) in [5.74, 6) is -0.0521. The van der Waals surface area contributed by atoms with Crippen molar-refractivity contribution >= 4 is 5.97 Å². The van der Waals surface area contributed by atoms with Crippen LogP contribution in [0.5, 0.6) is 0 Å². The van der Waals surface area contributed by atoms with E-state index in [0.717, 1.165) is 26.2 Å². The molecule has 0 aromatic heterocycles. The first-order valence-corrected chi connectivity index (χ1v) is 5.37. The van der Waals surface area contributed by atoms with Crippen LogP contribution in [0.25, 0.3) is 0 Å². The second kappa shape index (κ2) is 3.87. The molecule has 0 aromatic carbocycles. The van der Waals surface area contributed by atoms with Gasteiger partial charge < -0.3 is 4.74 Å². The molecule has 3 saturated heterocycles. The highest BCUT2D eigenvalue weighted by Gasteiger charge is 2.40. The summed E-state index contributed by atoms with van der Waals surface area (Å²) in [7, 11) is 0. The summed E-state index contributed by atoms with van der Waals surface area (Å²) in [6, 6.07) is 0.472. The largest absolute Gasteiger partial charge is 0.465 e. The minimum Gasteiger partial charge on any atom is -0.465 e. The van der Waals surface area contributed by atoms with Crippen molar-refractivity contribution < 1.29 is 9.53 Å². The number of piperazine rings is 3. The summed E-state index contributed by atoms with van der Waals surface area (Å²) in [5, 5.41) is 0. The third kappa shape index (κ3) is 1.64. The molecule has 4 atom stereocenters. The minimum atomic E-state index is -0.0521. The van der Waals surface area contributed by atoms with E-state index < -0.39 is 0 Å². The maximum Gasteiger partial charge on any atom is 0.324 e. The van der Waals surface area contributed by atoms with Crippen LogP contribution in [0, 0.1) is 0 Å². The molecule has 3 aliphatic rings. The molecule has 0 radical (unpaired) electrons. The normalized spacial score (nSPS) is 41.0. The number of ether oxygens (including phenoxy) is 1. The van der Waals surface area contributed by atoms with Crippen LogP contribution in [0.2, 0.25) is 0 Å². The Morgan fingerprint density at radius 2 is 2.21 bits per heavy atom. The topological polar surface area (TPSA) is 32.8 Å². The second-order valence-electron chi connectivity index (χ2n) is 4.11. The molecule has 80 valence electrons. The summed E-state index contributed by atoms with van der Waals surface area (Å²) in [5.41, 5.74) is 0. The summed E-state index contributed by atoms with van der Waals surface area (Å²) >= 11 is 0. The van der Waals surface area contributed by atoms with Crippen LogP contribution in [0.1, 0.15) is 13.8 Å². The molecule has 0 spiro atoms. The van der Waals surface area contributed by atoms with Crippen LogP contribution in [-0.4, -0.2) is 60.6 Å². The molecule has 4 unspecified atom stereocenters. The molecule has 4 heteroatoms. The standard InChI is InChI=1S/C10H18N2O2/c1-3-14-10(13)9-7-11-4-5-12(9)8(2)6-11/h8-9H,3-7H2,1-2H3. The number of rotatable bonds is 2. The highest BCUT2D eigenvalue weighted by atomic mass is 16.5. The predicted molar refractivity (Wildman–Crippen MR) is 53.0 cm³/mol. The fourth-order valence-corrected chi connectivity index (χ4v) is 2.47. The summed E-state index contributed by atoms with van der Waals surface area (Å²) < 4.78 is 5.08. The lowest BCUT2D eigenvalue weighted by Crippen LogP contribution is -2.67. The number of nitrogens with zero attached hydrogens (tertiary/aromatic N) is 2. The van der Waals surface area contributed by atoms with E-state index in [1.54, 1.807) is 0 Å². The molecule has 3 rings (SSSR count). The van der Waals surface area contributed by atoms with Gasteiger partial charge >= 0.3 is 5.97 Å². The van der Waals surface area contributed by atoms with Gasteiger partial charge in [-0.05, 0) is 13.8 Å². The zero-order chi connectivity index (χ0) is 10.1. The molecule has 0 aliphatic carbocycles.